The molecule has 21 heavy (non-hydrogen) atoms. The van der Waals surface area contributed by atoms with Crippen LogP contribution in [0.1, 0.15) is 18.1 Å². The Morgan fingerprint density at radius 2 is 1.71 bits per heavy atom. The molecule has 0 saturated carbocycles. The summed E-state index contributed by atoms with van der Waals surface area (Å²) in [6, 6.07) is 3.66. The quantitative estimate of drug-likeness (QED) is 0.620. The van der Waals surface area contributed by atoms with Crippen LogP contribution in [0.4, 0.5) is 13.2 Å². The van der Waals surface area contributed by atoms with Crippen LogP contribution in [0.15, 0.2) is 30.3 Å². The van der Waals surface area contributed by atoms with Gasteiger partial charge in [0.2, 0.25) is 9.70 Å². The van der Waals surface area contributed by atoms with Gasteiger partial charge in [0.05, 0.1) is 11.6 Å². The van der Waals surface area contributed by atoms with Gasteiger partial charge in [0, 0.05) is 6.08 Å². The van der Waals surface area contributed by atoms with Crippen molar-refractivity contribution in [1.29, 1.82) is 0 Å². The van der Waals surface area contributed by atoms with Gasteiger partial charge >= 0.3 is 6.18 Å². The molecular weight excluding hydrogens is 350 g/mol. The Hall–Kier alpha value is -0.910. The highest BCUT2D eigenvalue weighted by Crippen LogP contribution is 2.30. The Morgan fingerprint density at radius 1 is 1.19 bits per heavy atom. The highest BCUT2D eigenvalue weighted by Gasteiger charge is 2.30. The molecule has 0 fully saturated rings. The molecule has 0 aliphatic rings. The van der Waals surface area contributed by atoms with Gasteiger partial charge in [0.25, 0.3) is 0 Å². The van der Waals surface area contributed by atoms with Crippen molar-refractivity contribution < 1.29 is 18.0 Å². The van der Waals surface area contributed by atoms with Crippen molar-refractivity contribution in [3.63, 3.8) is 0 Å². The minimum Gasteiger partial charge on any atom is -0.346 e. The number of carbonyl (C=O) groups excluding carboxylic acids is 1. The summed E-state index contributed by atoms with van der Waals surface area (Å²) in [6.45, 7) is 1.51. The zero-order valence-electron chi connectivity index (χ0n) is 10.7. The molecule has 1 rings (SSSR count). The number of nitrogens with one attached hydrogen (secondary N) is 1. The van der Waals surface area contributed by atoms with Gasteiger partial charge < -0.3 is 5.32 Å². The Bertz CT molecular complexity index is 521. The van der Waals surface area contributed by atoms with Gasteiger partial charge in [-0.25, -0.2) is 0 Å². The van der Waals surface area contributed by atoms with Crippen molar-refractivity contribution in [2.24, 2.45) is 0 Å². The van der Waals surface area contributed by atoms with Gasteiger partial charge in [-0.2, -0.15) is 13.2 Å². The van der Waals surface area contributed by atoms with Crippen molar-refractivity contribution in [1.82, 2.24) is 5.32 Å². The molecule has 1 atom stereocenters. The standard InChI is InChI=1S/C13H11Cl3F3NO/c1-8(12(14,15)16)20-11(21)7-4-9-2-5-10(6-3-9)13(17,18)19/h2-8H,1H3,(H,20,21)/b7-4+. The fourth-order valence-corrected chi connectivity index (χ4v) is 1.46. The molecule has 1 unspecified atom stereocenters. The average Bonchev–Trinajstić information content (AvgIpc) is 2.34. The molecule has 2 nitrogen and oxygen atoms in total. The number of rotatable bonds is 3. The van der Waals surface area contributed by atoms with Gasteiger partial charge in [-0.05, 0) is 30.7 Å². The first-order valence-electron chi connectivity index (χ1n) is 5.72. The predicted molar refractivity (Wildman–Crippen MR) is 78.4 cm³/mol. The fourth-order valence-electron chi connectivity index (χ4n) is 1.30. The molecule has 0 heterocycles. The first-order valence-corrected chi connectivity index (χ1v) is 6.86. The predicted octanol–water partition coefficient (Wildman–Crippen LogP) is 4.59. The molecule has 1 N–H and O–H groups in total. The van der Waals surface area contributed by atoms with E-state index in [2.05, 4.69) is 5.32 Å². The van der Waals surface area contributed by atoms with Crippen LogP contribution < -0.4 is 5.32 Å². The molecule has 0 spiro atoms. The van der Waals surface area contributed by atoms with Crippen molar-refractivity contribution in [3.8, 4) is 0 Å². The summed E-state index contributed by atoms with van der Waals surface area (Å²) in [5.41, 5.74) is -0.311. The van der Waals surface area contributed by atoms with Crippen molar-refractivity contribution in [2.45, 2.75) is 22.9 Å². The second kappa shape index (κ2) is 6.90. The second-order valence-electron chi connectivity index (χ2n) is 4.22. The Morgan fingerprint density at radius 3 is 2.14 bits per heavy atom. The maximum absolute atomic E-state index is 12.4. The summed E-state index contributed by atoms with van der Waals surface area (Å²) >= 11 is 16.8. The SMILES string of the molecule is CC(NC(=O)/C=C/c1ccc(C(F)(F)F)cc1)C(Cl)(Cl)Cl. The molecule has 116 valence electrons. The van der Waals surface area contributed by atoms with E-state index in [4.69, 9.17) is 34.8 Å². The lowest BCUT2D eigenvalue weighted by molar-refractivity contribution is -0.137. The minimum atomic E-state index is -4.39. The van der Waals surface area contributed by atoms with Crippen LogP contribution in [0, 0.1) is 0 Å². The maximum atomic E-state index is 12.4. The number of amides is 1. The van der Waals surface area contributed by atoms with E-state index in [1.807, 2.05) is 0 Å². The van der Waals surface area contributed by atoms with Crippen molar-refractivity contribution in [2.75, 3.05) is 0 Å². The summed E-state index contributed by atoms with van der Waals surface area (Å²) in [7, 11) is 0. The summed E-state index contributed by atoms with van der Waals surface area (Å²) in [6.07, 6.45) is -1.88. The number of hydrogen-bond donors (Lipinski definition) is 1. The fraction of sp³-hybridized carbons (Fsp3) is 0.308. The number of benzene rings is 1. The van der Waals surface area contributed by atoms with Crippen LogP contribution >= 0.6 is 34.8 Å². The van der Waals surface area contributed by atoms with Gasteiger partial charge in [-0.3, -0.25) is 4.79 Å². The summed E-state index contributed by atoms with van der Waals surface area (Å²) in [5, 5.41) is 2.42. The second-order valence-corrected chi connectivity index (χ2v) is 6.59. The van der Waals surface area contributed by atoms with E-state index in [1.165, 1.54) is 25.1 Å². The molecule has 0 saturated heterocycles. The lowest BCUT2D eigenvalue weighted by Gasteiger charge is -2.20. The van der Waals surface area contributed by atoms with Crippen LogP contribution in [0.3, 0.4) is 0 Å². The highest BCUT2D eigenvalue weighted by molar-refractivity contribution is 6.68. The Kier molecular flexibility index (Phi) is 5.96. The lowest BCUT2D eigenvalue weighted by Crippen LogP contribution is -2.40. The third-order valence-electron chi connectivity index (χ3n) is 2.51. The molecule has 1 aromatic carbocycles. The zero-order chi connectivity index (χ0) is 16.3. The zero-order valence-corrected chi connectivity index (χ0v) is 13.0. The van der Waals surface area contributed by atoms with Crippen LogP contribution in [0.2, 0.25) is 0 Å². The molecule has 0 aliphatic heterocycles. The monoisotopic (exact) mass is 359 g/mol. The van der Waals surface area contributed by atoms with E-state index in [0.717, 1.165) is 18.2 Å². The smallest absolute Gasteiger partial charge is 0.346 e. The van der Waals surface area contributed by atoms with E-state index in [9.17, 15) is 18.0 Å². The molecule has 0 aromatic heterocycles. The molecule has 8 heteroatoms. The van der Waals surface area contributed by atoms with Crippen LogP contribution in [0.5, 0.6) is 0 Å². The number of alkyl halides is 6. The van der Waals surface area contributed by atoms with E-state index in [0.29, 0.717) is 5.56 Å². The first-order chi connectivity index (χ1) is 9.50. The van der Waals surface area contributed by atoms with E-state index >= 15 is 0 Å². The topological polar surface area (TPSA) is 29.1 Å². The van der Waals surface area contributed by atoms with Crippen LogP contribution in [-0.4, -0.2) is 15.7 Å². The van der Waals surface area contributed by atoms with Gasteiger partial charge in [0.1, 0.15) is 0 Å². The maximum Gasteiger partial charge on any atom is 0.416 e. The molecular formula is C13H11Cl3F3NO. The first kappa shape index (κ1) is 18.1. The van der Waals surface area contributed by atoms with E-state index in [1.54, 1.807) is 0 Å². The van der Waals surface area contributed by atoms with E-state index in [-0.39, 0.29) is 0 Å². The van der Waals surface area contributed by atoms with Crippen molar-refractivity contribution in [3.05, 3.63) is 41.5 Å². The minimum absolute atomic E-state index is 0.444. The van der Waals surface area contributed by atoms with Gasteiger partial charge in [-0.1, -0.05) is 46.9 Å². The van der Waals surface area contributed by atoms with Crippen LogP contribution in [-0.2, 0) is 11.0 Å². The number of hydrogen-bond acceptors (Lipinski definition) is 1. The molecule has 1 aromatic rings. The summed E-state index contributed by atoms with van der Waals surface area (Å²) in [5.74, 6) is -0.520. The average molecular weight is 361 g/mol. The largest absolute Gasteiger partial charge is 0.416 e. The van der Waals surface area contributed by atoms with Crippen LogP contribution in [0.25, 0.3) is 6.08 Å². The Labute approximate surface area is 134 Å². The third-order valence-corrected chi connectivity index (χ3v) is 3.50. The molecule has 0 bridgehead atoms. The van der Waals surface area contributed by atoms with Gasteiger partial charge in [0.15, 0.2) is 0 Å². The molecule has 0 aliphatic carbocycles. The molecule has 1 amide bonds. The highest BCUT2D eigenvalue weighted by atomic mass is 35.6. The van der Waals surface area contributed by atoms with Gasteiger partial charge in [-0.15, -0.1) is 0 Å². The van der Waals surface area contributed by atoms with Crippen molar-refractivity contribution >= 4 is 46.8 Å². The Balaban J connectivity index is 2.67. The summed E-state index contributed by atoms with van der Waals surface area (Å²) in [4.78, 5) is 11.5. The summed E-state index contributed by atoms with van der Waals surface area (Å²) < 4.78 is 35.5. The number of halogens is 6. The lowest BCUT2D eigenvalue weighted by atomic mass is 10.1. The third kappa shape index (κ3) is 6.16. The van der Waals surface area contributed by atoms with E-state index < -0.39 is 27.5 Å². The normalized spacial score (nSPS) is 14.2. The molecule has 0 radical (unpaired) electrons. The number of carbonyl (C=O) groups is 1.